The van der Waals surface area contributed by atoms with Crippen molar-refractivity contribution in [2.24, 2.45) is 0 Å². The van der Waals surface area contributed by atoms with Crippen molar-refractivity contribution >= 4 is 17.3 Å². The first-order valence-electron chi connectivity index (χ1n) is 13.7. The molecule has 43 heavy (non-hydrogen) atoms. The topological polar surface area (TPSA) is 83.5 Å². The molecule has 0 unspecified atom stereocenters. The Hall–Kier alpha value is -4.58. The number of pyridine rings is 1. The molecule has 1 fully saturated rings. The first kappa shape index (κ1) is 29.9. The van der Waals surface area contributed by atoms with Crippen LogP contribution in [0.2, 0.25) is 0 Å². The Balaban J connectivity index is 1.44. The number of nitrogens with one attached hydrogen (secondary N) is 1. The highest BCUT2D eigenvalue weighted by Gasteiger charge is 2.33. The molecule has 1 aliphatic heterocycles. The van der Waals surface area contributed by atoms with E-state index >= 15 is 0 Å². The summed E-state index contributed by atoms with van der Waals surface area (Å²) >= 11 is 0. The van der Waals surface area contributed by atoms with Crippen LogP contribution in [0.5, 0.6) is 11.6 Å². The molecule has 1 amide bonds. The van der Waals surface area contributed by atoms with Crippen LogP contribution in [-0.4, -0.2) is 59.0 Å². The standard InChI is InChI=1S/C31H30F4N6O2/c1-4-28-36-12-9-25(38-28)24-6-5-11-37-30(24)43-23-15-19(14-21(32)17-23)29(42)39-26-16-20(31(33,34)35)7-8-27(26)41(3)22-10-13-40(2)18-22/h5-9,11-12,14-17,22H,4,10,13,18H2,1-3H3,(H,39,42)/t22-/m1/s1. The summed E-state index contributed by atoms with van der Waals surface area (Å²) in [5.41, 5.74) is 0.415. The van der Waals surface area contributed by atoms with Gasteiger partial charge in [-0.15, -0.1) is 0 Å². The number of carbonyl (C=O) groups excluding carboxylic acids is 1. The molecule has 1 N–H and O–H groups in total. The second-order valence-corrected chi connectivity index (χ2v) is 10.3. The Morgan fingerprint density at radius 1 is 1.12 bits per heavy atom. The molecule has 12 heteroatoms. The Morgan fingerprint density at radius 2 is 1.93 bits per heavy atom. The van der Waals surface area contributed by atoms with E-state index in [2.05, 4.69) is 25.2 Å². The fourth-order valence-electron chi connectivity index (χ4n) is 4.99. The monoisotopic (exact) mass is 594 g/mol. The van der Waals surface area contributed by atoms with Gasteiger partial charge in [-0.25, -0.2) is 19.3 Å². The van der Waals surface area contributed by atoms with Crippen molar-refractivity contribution in [3.63, 3.8) is 0 Å². The van der Waals surface area contributed by atoms with E-state index in [1.165, 1.54) is 18.3 Å². The third kappa shape index (κ3) is 6.91. The van der Waals surface area contributed by atoms with Crippen molar-refractivity contribution in [3.8, 4) is 22.9 Å². The smallest absolute Gasteiger partial charge is 0.416 e. The van der Waals surface area contributed by atoms with Crippen molar-refractivity contribution in [2.75, 3.05) is 37.4 Å². The van der Waals surface area contributed by atoms with Crippen LogP contribution in [0.1, 0.15) is 35.1 Å². The van der Waals surface area contributed by atoms with E-state index in [1.54, 1.807) is 31.4 Å². The van der Waals surface area contributed by atoms with Crippen LogP contribution in [0.15, 0.2) is 67.0 Å². The molecule has 0 spiro atoms. The maximum Gasteiger partial charge on any atom is 0.416 e. The Kier molecular flexibility index (Phi) is 8.58. The van der Waals surface area contributed by atoms with Crippen LogP contribution in [0.3, 0.4) is 0 Å². The zero-order valence-corrected chi connectivity index (χ0v) is 23.8. The Bertz CT molecular complexity index is 1630. The number of anilines is 2. The largest absolute Gasteiger partial charge is 0.438 e. The number of rotatable bonds is 8. The van der Waals surface area contributed by atoms with Crippen molar-refractivity contribution in [1.82, 2.24) is 19.9 Å². The highest BCUT2D eigenvalue weighted by atomic mass is 19.4. The number of alkyl halides is 3. The molecule has 1 aliphatic rings. The molecule has 0 saturated carbocycles. The van der Waals surface area contributed by atoms with Gasteiger partial charge in [-0.3, -0.25) is 4.79 Å². The Labute approximate surface area is 246 Å². The van der Waals surface area contributed by atoms with Gasteiger partial charge in [0.2, 0.25) is 5.88 Å². The van der Waals surface area contributed by atoms with Crippen LogP contribution < -0.4 is 15.0 Å². The summed E-state index contributed by atoms with van der Waals surface area (Å²) in [5, 5.41) is 2.57. The second kappa shape index (κ2) is 12.3. The van der Waals surface area contributed by atoms with Gasteiger partial charge in [0.1, 0.15) is 17.4 Å². The van der Waals surface area contributed by atoms with E-state index in [9.17, 15) is 22.4 Å². The molecule has 0 aliphatic carbocycles. The van der Waals surface area contributed by atoms with Gasteiger partial charge in [-0.2, -0.15) is 13.2 Å². The third-order valence-corrected chi connectivity index (χ3v) is 7.28. The number of amides is 1. The zero-order valence-electron chi connectivity index (χ0n) is 23.8. The molecule has 2 aromatic carbocycles. The van der Waals surface area contributed by atoms with Gasteiger partial charge >= 0.3 is 6.18 Å². The highest BCUT2D eigenvalue weighted by Crippen LogP contribution is 2.37. The number of nitrogens with zero attached hydrogens (tertiary/aromatic N) is 5. The lowest BCUT2D eigenvalue weighted by atomic mass is 10.1. The summed E-state index contributed by atoms with van der Waals surface area (Å²) in [6.45, 7) is 3.49. The molecule has 5 rings (SSSR count). The fraction of sp³-hybridized carbons (Fsp3) is 0.290. The predicted molar refractivity (Wildman–Crippen MR) is 155 cm³/mol. The number of aromatic nitrogens is 3. The van der Waals surface area contributed by atoms with Crippen LogP contribution >= 0.6 is 0 Å². The van der Waals surface area contributed by atoms with E-state index in [0.29, 0.717) is 29.2 Å². The molecule has 4 aromatic rings. The number of carbonyl (C=O) groups is 1. The number of benzene rings is 2. The molecule has 224 valence electrons. The number of halogens is 4. The van der Waals surface area contributed by atoms with E-state index in [-0.39, 0.29) is 28.9 Å². The molecule has 2 aromatic heterocycles. The van der Waals surface area contributed by atoms with Gasteiger partial charge in [0.05, 0.1) is 28.2 Å². The predicted octanol–water partition coefficient (Wildman–Crippen LogP) is 6.44. The molecule has 3 heterocycles. The minimum Gasteiger partial charge on any atom is -0.438 e. The van der Waals surface area contributed by atoms with Crippen molar-refractivity contribution in [2.45, 2.75) is 32.0 Å². The molecule has 1 saturated heterocycles. The maximum absolute atomic E-state index is 14.8. The number of hydrogen-bond donors (Lipinski definition) is 1. The van der Waals surface area contributed by atoms with Gasteiger partial charge in [0.25, 0.3) is 5.91 Å². The summed E-state index contributed by atoms with van der Waals surface area (Å²) in [6, 6.07) is 11.8. The number of ether oxygens (including phenoxy) is 1. The van der Waals surface area contributed by atoms with E-state index in [1.807, 2.05) is 18.9 Å². The summed E-state index contributed by atoms with van der Waals surface area (Å²) in [7, 11) is 3.75. The summed E-state index contributed by atoms with van der Waals surface area (Å²) < 4.78 is 61.5. The summed E-state index contributed by atoms with van der Waals surface area (Å²) in [5.74, 6) is -0.845. The molecular formula is C31H30F4N6O2. The molecule has 0 bridgehead atoms. The van der Waals surface area contributed by atoms with Crippen LogP contribution in [-0.2, 0) is 12.6 Å². The van der Waals surface area contributed by atoms with Crippen molar-refractivity contribution in [1.29, 1.82) is 0 Å². The first-order chi connectivity index (χ1) is 20.5. The fourth-order valence-corrected chi connectivity index (χ4v) is 4.99. The van der Waals surface area contributed by atoms with Gasteiger partial charge in [0, 0.05) is 50.1 Å². The minimum absolute atomic E-state index is 0.0229. The average Bonchev–Trinajstić information content (AvgIpc) is 3.42. The first-order valence-corrected chi connectivity index (χ1v) is 13.7. The van der Waals surface area contributed by atoms with Crippen LogP contribution in [0, 0.1) is 5.82 Å². The van der Waals surface area contributed by atoms with E-state index in [0.717, 1.165) is 43.8 Å². The lowest BCUT2D eigenvalue weighted by Gasteiger charge is -2.29. The number of likely N-dealkylation sites (tertiary alicyclic amines) is 1. The lowest BCUT2D eigenvalue weighted by molar-refractivity contribution is -0.137. The second-order valence-electron chi connectivity index (χ2n) is 10.3. The third-order valence-electron chi connectivity index (χ3n) is 7.28. The van der Waals surface area contributed by atoms with E-state index in [4.69, 9.17) is 4.74 Å². The molecule has 1 atom stereocenters. The quantitative estimate of drug-likeness (QED) is 0.235. The number of likely N-dealkylation sites (N-methyl/N-ethyl adjacent to an activating group) is 2. The maximum atomic E-state index is 14.8. The van der Waals surface area contributed by atoms with Gasteiger partial charge in [-0.05, 0) is 68.5 Å². The zero-order chi connectivity index (χ0) is 30.7. The molecule has 8 nitrogen and oxygen atoms in total. The van der Waals surface area contributed by atoms with Crippen molar-refractivity contribution < 1.29 is 27.1 Å². The average molecular weight is 595 g/mol. The van der Waals surface area contributed by atoms with Crippen molar-refractivity contribution in [3.05, 3.63) is 89.8 Å². The molecular weight excluding hydrogens is 564 g/mol. The van der Waals surface area contributed by atoms with E-state index < -0.39 is 23.5 Å². The summed E-state index contributed by atoms with van der Waals surface area (Å²) in [4.78, 5) is 30.3. The summed E-state index contributed by atoms with van der Waals surface area (Å²) in [6.07, 6.45) is -0.0650. The highest BCUT2D eigenvalue weighted by molar-refractivity contribution is 6.06. The minimum atomic E-state index is -4.62. The Morgan fingerprint density at radius 3 is 2.65 bits per heavy atom. The number of aryl methyl sites for hydroxylation is 1. The van der Waals surface area contributed by atoms with Crippen LogP contribution in [0.25, 0.3) is 11.3 Å². The number of hydrogen-bond acceptors (Lipinski definition) is 7. The normalized spacial score (nSPS) is 15.4. The molecule has 0 radical (unpaired) electrons. The SMILES string of the molecule is CCc1nccc(-c2cccnc2Oc2cc(F)cc(C(=O)Nc3cc(C(F)(F)F)ccc3N(C)[C@@H]3CCN(C)C3)c2)n1. The van der Waals surface area contributed by atoms with Gasteiger partial charge in [-0.1, -0.05) is 6.92 Å². The lowest BCUT2D eigenvalue weighted by Crippen LogP contribution is -2.34. The van der Waals surface area contributed by atoms with Crippen LogP contribution in [0.4, 0.5) is 28.9 Å². The van der Waals surface area contributed by atoms with Gasteiger partial charge in [0.15, 0.2) is 0 Å². The van der Waals surface area contributed by atoms with Gasteiger partial charge < -0.3 is 19.9 Å².